The normalized spacial score (nSPS) is 26.8. The van der Waals surface area contributed by atoms with Crippen LogP contribution in [0, 0.1) is 11.8 Å². The largest absolute Gasteiger partial charge is 0.383 e. The first-order valence-electron chi connectivity index (χ1n) is 8.11. The monoisotopic (exact) mass is 284 g/mol. The first kappa shape index (κ1) is 17.4. The van der Waals surface area contributed by atoms with Crippen molar-refractivity contribution in [2.24, 2.45) is 17.6 Å². The van der Waals surface area contributed by atoms with Crippen LogP contribution in [0.3, 0.4) is 0 Å². The Labute approximate surface area is 124 Å². The minimum Gasteiger partial charge on any atom is -0.383 e. The zero-order valence-corrected chi connectivity index (χ0v) is 13.6. The second-order valence-corrected chi connectivity index (χ2v) is 6.09. The minimum absolute atomic E-state index is 0.0128. The van der Waals surface area contributed by atoms with E-state index in [1.54, 1.807) is 7.11 Å². The van der Waals surface area contributed by atoms with E-state index in [0.29, 0.717) is 25.1 Å². The van der Waals surface area contributed by atoms with Gasteiger partial charge in [0.15, 0.2) is 0 Å². The number of amides is 1. The molecule has 1 aliphatic rings. The summed E-state index contributed by atoms with van der Waals surface area (Å²) in [4.78, 5) is 15.0. The Hall–Kier alpha value is -0.610. The molecule has 0 saturated heterocycles. The number of nitrogens with two attached hydrogens (primary N) is 1. The van der Waals surface area contributed by atoms with Crippen LogP contribution < -0.4 is 5.73 Å². The molecule has 0 aromatic carbocycles. The van der Waals surface area contributed by atoms with Gasteiger partial charge in [-0.15, -0.1) is 0 Å². The summed E-state index contributed by atoms with van der Waals surface area (Å²) in [5.74, 6) is 0.627. The third-order valence-electron chi connectivity index (χ3n) is 4.76. The lowest BCUT2D eigenvalue weighted by molar-refractivity contribution is -0.142. The van der Waals surface area contributed by atoms with Crippen LogP contribution in [0.2, 0.25) is 0 Å². The molecule has 4 heteroatoms. The maximum Gasteiger partial charge on any atom is 0.227 e. The summed E-state index contributed by atoms with van der Waals surface area (Å²) < 4.78 is 5.18. The number of methoxy groups -OCH3 is 1. The van der Waals surface area contributed by atoms with Crippen molar-refractivity contribution >= 4 is 5.91 Å². The van der Waals surface area contributed by atoms with Crippen molar-refractivity contribution in [3.63, 3.8) is 0 Å². The van der Waals surface area contributed by atoms with Crippen molar-refractivity contribution in [3.8, 4) is 0 Å². The fourth-order valence-corrected chi connectivity index (χ4v) is 3.47. The molecule has 3 atom stereocenters. The number of hydrogen-bond acceptors (Lipinski definition) is 3. The molecular formula is C16H32N2O2. The lowest BCUT2D eigenvalue weighted by atomic mass is 9.76. The molecule has 1 rings (SSSR count). The van der Waals surface area contributed by atoms with Gasteiger partial charge in [-0.05, 0) is 31.6 Å². The molecule has 0 aromatic rings. The lowest BCUT2D eigenvalue weighted by Crippen LogP contribution is -2.52. The van der Waals surface area contributed by atoms with E-state index >= 15 is 0 Å². The van der Waals surface area contributed by atoms with Gasteiger partial charge >= 0.3 is 0 Å². The SMILES string of the molecule is CCC(CC)N(CCOC)C(=O)C1C(C)CCCC1N. The Morgan fingerprint density at radius 2 is 2.00 bits per heavy atom. The van der Waals surface area contributed by atoms with E-state index in [1.807, 2.05) is 4.90 Å². The molecule has 0 spiro atoms. The summed E-state index contributed by atoms with van der Waals surface area (Å²) in [5, 5.41) is 0. The molecule has 2 N–H and O–H groups in total. The van der Waals surface area contributed by atoms with Crippen molar-refractivity contribution in [1.29, 1.82) is 0 Å². The summed E-state index contributed by atoms with van der Waals surface area (Å²) in [6.45, 7) is 7.73. The van der Waals surface area contributed by atoms with Gasteiger partial charge in [-0.1, -0.05) is 27.2 Å². The van der Waals surface area contributed by atoms with E-state index in [-0.39, 0.29) is 17.9 Å². The molecule has 0 aromatic heterocycles. The summed E-state index contributed by atoms with van der Waals surface area (Å²) >= 11 is 0. The Kier molecular flexibility index (Phi) is 7.52. The van der Waals surface area contributed by atoms with Crippen molar-refractivity contribution in [1.82, 2.24) is 4.90 Å². The van der Waals surface area contributed by atoms with Crippen molar-refractivity contribution in [2.75, 3.05) is 20.3 Å². The molecule has 0 radical (unpaired) electrons. The highest BCUT2D eigenvalue weighted by Crippen LogP contribution is 2.31. The van der Waals surface area contributed by atoms with Gasteiger partial charge < -0.3 is 15.4 Å². The molecule has 0 aliphatic heterocycles. The van der Waals surface area contributed by atoms with E-state index in [2.05, 4.69) is 20.8 Å². The average molecular weight is 284 g/mol. The van der Waals surface area contributed by atoms with Gasteiger partial charge in [-0.2, -0.15) is 0 Å². The van der Waals surface area contributed by atoms with E-state index < -0.39 is 0 Å². The predicted molar refractivity (Wildman–Crippen MR) is 82.4 cm³/mol. The molecule has 0 heterocycles. The van der Waals surface area contributed by atoms with Gasteiger partial charge in [-0.25, -0.2) is 0 Å². The zero-order chi connectivity index (χ0) is 15.1. The Morgan fingerprint density at radius 1 is 1.35 bits per heavy atom. The quantitative estimate of drug-likeness (QED) is 0.781. The minimum atomic E-state index is -0.0128. The van der Waals surface area contributed by atoms with Crippen LogP contribution in [0.15, 0.2) is 0 Å². The number of ether oxygens (including phenoxy) is 1. The molecule has 3 unspecified atom stereocenters. The summed E-state index contributed by atoms with van der Waals surface area (Å²) in [6.07, 6.45) is 5.21. The number of rotatable bonds is 7. The van der Waals surface area contributed by atoms with Crippen LogP contribution in [0.5, 0.6) is 0 Å². The van der Waals surface area contributed by atoms with E-state index in [9.17, 15) is 4.79 Å². The van der Waals surface area contributed by atoms with Crippen molar-refractivity contribution < 1.29 is 9.53 Å². The van der Waals surface area contributed by atoms with Gasteiger partial charge in [-0.3, -0.25) is 4.79 Å². The highest BCUT2D eigenvalue weighted by atomic mass is 16.5. The van der Waals surface area contributed by atoms with Gasteiger partial charge in [0, 0.05) is 25.7 Å². The van der Waals surface area contributed by atoms with Crippen molar-refractivity contribution in [2.45, 2.75) is 65.0 Å². The smallest absolute Gasteiger partial charge is 0.227 e. The van der Waals surface area contributed by atoms with E-state index in [1.165, 1.54) is 0 Å². The first-order chi connectivity index (χ1) is 9.56. The number of carbonyl (C=O) groups excluding carboxylic acids is 1. The highest BCUT2D eigenvalue weighted by molar-refractivity contribution is 5.80. The Bertz CT molecular complexity index is 282. The Morgan fingerprint density at radius 3 is 2.50 bits per heavy atom. The Balaban J connectivity index is 2.84. The predicted octanol–water partition coefficient (Wildman–Crippen LogP) is 2.41. The van der Waals surface area contributed by atoms with Crippen molar-refractivity contribution in [3.05, 3.63) is 0 Å². The van der Waals surface area contributed by atoms with E-state index in [4.69, 9.17) is 10.5 Å². The van der Waals surface area contributed by atoms with E-state index in [0.717, 1.165) is 32.1 Å². The molecule has 4 nitrogen and oxygen atoms in total. The lowest BCUT2D eigenvalue weighted by Gasteiger charge is -2.39. The third-order valence-corrected chi connectivity index (χ3v) is 4.76. The van der Waals surface area contributed by atoms with Gasteiger partial charge in [0.05, 0.1) is 12.5 Å². The van der Waals surface area contributed by atoms with Crippen LogP contribution in [0.25, 0.3) is 0 Å². The second-order valence-electron chi connectivity index (χ2n) is 6.09. The second kappa shape index (κ2) is 8.63. The van der Waals surface area contributed by atoms with Crippen LogP contribution in [0.4, 0.5) is 0 Å². The fraction of sp³-hybridized carbons (Fsp3) is 0.938. The molecule has 1 saturated carbocycles. The van der Waals surface area contributed by atoms with Crippen LogP contribution >= 0.6 is 0 Å². The summed E-state index contributed by atoms with van der Waals surface area (Å²) in [7, 11) is 1.69. The molecule has 0 bridgehead atoms. The first-order valence-corrected chi connectivity index (χ1v) is 8.11. The average Bonchev–Trinajstić information content (AvgIpc) is 2.43. The topological polar surface area (TPSA) is 55.6 Å². The summed E-state index contributed by atoms with van der Waals surface area (Å²) in [5.41, 5.74) is 6.24. The maximum absolute atomic E-state index is 13.0. The molecule has 20 heavy (non-hydrogen) atoms. The van der Waals surface area contributed by atoms with Crippen LogP contribution in [-0.2, 0) is 9.53 Å². The summed E-state index contributed by atoms with van der Waals surface area (Å²) in [6, 6.07) is 0.324. The van der Waals surface area contributed by atoms with Gasteiger partial charge in [0.2, 0.25) is 5.91 Å². The fourth-order valence-electron chi connectivity index (χ4n) is 3.47. The number of hydrogen-bond donors (Lipinski definition) is 1. The van der Waals surface area contributed by atoms with Gasteiger partial charge in [0.1, 0.15) is 0 Å². The zero-order valence-electron chi connectivity index (χ0n) is 13.6. The standard InChI is InChI=1S/C16H32N2O2/c1-5-13(6-2)18(10-11-20-4)16(19)15-12(3)8-7-9-14(15)17/h12-15H,5-11,17H2,1-4H3. The molecule has 1 aliphatic carbocycles. The molecule has 118 valence electrons. The van der Waals surface area contributed by atoms with Gasteiger partial charge in [0.25, 0.3) is 0 Å². The van der Waals surface area contributed by atoms with Crippen LogP contribution in [-0.4, -0.2) is 43.2 Å². The molecule has 1 amide bonds. The molecule has 1 fully saturated rings. The van der Waals surface area contributed by atoms with Crippen LogP contribution in [0.1, 0.15) is 52.9 Å². The molecular weight excluding hydrogens is 252 g/mol. The third kappa shape index (κ3) is 4.19. The number of carbonyl (C=O) groups is 1. The maximum atomic E-state index is 13.0. The number of nitrogens with zero attached hydrogens (tertiary/aromatic N) is 1. The highest BCUT2D eigenvalue weighted by Gasteiger charge is 2.37.